The van der Waals surface area contributed by atoms with Crippen molar-refractivity contribution in [2.75, 3.05) is 11.9 Å². The monoisotopic (exact) mass is 358 g/mol. The molecule has 2 aliphatic rings. The molecular formula is C20H26N2O4. The molecular weight excluding hydrogens is 332 g/mol. The summed E-state index contributed by atoms with van der Waals surface area (Å²) < 4.78 is 0. The largest absolute Gasteiger partial charge is 0.481 e. The predicted molar refractivity (Wildman–Crippen MR) is 97.5 cm³/mol. The molecule has 1 saturated carbocycles. The lowest BCUT2D eigenvalue weighted by molar-refractivity contribution is -0.153. The highest BCUT2D eigenvalue weighted by Gasteiger charge is 2.41. The summed E-state index contributed by atoms with van der Waals surface area (Å²) in [6.45, 7) is 1.32. The topological polar surface area (TPSA) is 86.7 Å². The molecule has 6 heteroatoms. The minimum Gasteiger partial charge on any atom is -0.481 e. The second kappa shape index (κ2) is 7.89. The number of nitrogens with zero attached hydrogens (tertiary/aromatic N) is 1. The van der Waals surface area contributed by atoms with Gasteiger partial charge >= 0.3 is 5.97 Å². The van der Waals surface area contributed by atoms with Gasteiger partial charge in [-0.05, 0) is 37.0 Å². The highest BCUT2D eigenvalue weighted by molar-refractivity contribution is 5.94. The molecule has 1 aliphatic carbocycles. The number of anilines is 1. The summed E-state index contributed by atoms with van der Waals surface area (Å²) in [4.78, 5) is 37.8. The lowest BCUT2D eigenvalue weighted by atomic mass is 9.71. The van der Waals surface area contributed by atoms with Crippen LogP contribution in [0.4, 0.5) is 5.69 Å². The maximum atomic E-state index is 12.5. The quantitative estimate of drug-likeness (QED) is 0.818. The number of rotatable bonds is 6. The van der Waals surface area contributed by atoms with Crippen molar-refractivity contribution in [3.05, 3.63) is 29.8 Å². The Morgan fingerprint density at radius 1 is 1.15 bits per heavy atom. The molecule has 0 radical (unpaired) electrons. The number of amides is 2. The summed E-state index contributed by atoms with van der Waals surface area (Å²) in [7, 11) is 0. The molecule has 6 nitrogen and oxygen atoms in total. The molecule has 2 fully saturated rings. The first-order chi connectivity index (χ1) is 12.5. The van der Waals surface area contributed by atoms with Gasteiger partial charge in [0.15, 0.2) is 0 Å². The van der Waals surface area contributed by atoms with Gasteiger partial charge in [-0.1, -0.05) is 31.4 Å². The van der Waals surface area contributed by atoms with Crippen molar-refractivity contribution in [1.29, 1.82) is 0 Å². The van der Waals surface area contributed by atoms with Crippen LogP contribution in [0.1, 0.15) is 56.9 Å². The molecule has 0 aromatic heterocycles. The minimum absolute atomic E-state index is 0.0111. The van der Waals surface area contributed by atoms with Gasteiger partial charge in [0.1, 0.15) is 0 Å². The van der Waals surface area contributed by atoms with E-state index >= 15 is 0 Å². The molecule has 1 aromatic rings. The third kappa shape index (κ3) is 4.23. The van der Waals surface area contributed by atoms with Gasteiger partial charge in [0.05, 0.1) is 5.41 Å². The van der Waals surface area contributed by atoms with Crippen LogP contribution in [0.5, 0.6) is 0 Å². The van der Waals surface area contributed by atoms with E-state index in [0.29, 0.717) is 31.5 Å². The van der Waals surface area contributed by atoms with Gasteiger partial charge in [0.2, 0.25) is 11.8 Å². The zero-order valence-corrected chi connectivity index (χ0v) is 15.0. The van der Waals surface area contributed by atoms with E-state index in [0.717, 1.165) is 37.8 Å². The normalized spacial score (nSPS) is 19.4. The SMILES string of the molecule is O=C(CC1(C(=O)O)CCCCC1)Nc1cccc(CN2CCCC2=O)c1. The number of hydrogen-bond donors (Lipinski definition) is 2. The number of likely N-dealkylation sites (tertiary alicyclic amines) is 1. The van der Waals surface area contributed by atoms with E-state index < -0.39 is 11.4 Å². The fourth-order valence-corrected chi connectivity index (χ4v) is 4.05. The highest BCUT2D eigenvalue weighted by atomic mass is 16.4. The van der Waals surface area contributed by atoms with Crippen molar-refractivity contribution in [3.8, 4) is 0 Å². The third-order valence-corrected chi connectivity index (χ3v) is 5.52. The Morgan fingerprint density at radius 2 is 1.92 bits per heavy atom. The van der Waals surface area contributed by atoms with Gasteiger partial charge in [-0.15, -0.1) is 0 Å². The molecule has 2 N–H and O–H groups in total. The summed E-state index contributed by atoms with van der Waals surface area (Å²) in [5.74, 6) is -0.961. The number of carbonyl (C=O) groups excluding carboxylic acids is 2. The molecule has 0 spiro atoms. The highest BCUT2D eigenvalue weighted by Crippen LogP contribution is 2.39. The maximum Gasteiger partial charge on any atom is 0.310 e. The molecule has 3 rings (SSSR count). The second-order valence-corrected chi connectivity index (χ2v) is 7.49. The number of carbonyl (C=O) groups is 3. The summed E-state index contributed by atoms with van der Waals surface area (Å²) in [6, 6.07) is 7.43. The van der Waals surface area contributed by atoms with Crippen LogP contribution in [-0.4, -0.2) is 34.3 Å². The first-order valence-electron chi connectivity index (χ1n) is 9.38. The van der Waals surface area contributed by atoms with E-state index in [9.17, 15) is 19.5 Å². The number of nitrogens with one attached hydrogen (secondary N) is 1. The lowest BCUT2D eigenvalue weighted by Crippen LogP contribution is -2.37. The zero-order valence-electron chi connectivity index (χ0n) is 15.0. The van der Waals surface area contributed by atoms with Crippen LogP contribution in [0.3, 0.4) is 0 Å². The molecule has 0 unspecified atom stereocenters. The Kier molecular flexibility index (Phi) is 5.59. The number of benzene rings is 1. The van der Waals surface area contributed by atoms with Crippen molar-refractivity contribution in [3.63, 3.8) is 0 Å². The molecule has 2 amide bonds. The summed E-state index contributed by atoms with van der Waals surface area (Å²) in [6.07, 6.45) is 5.39. The first kappa shape index (κ1) is 18.4. The summed E-state index contributed by atoms with van der Waals surface area (Å²) >= 11 is 0. The number of carboxylic acid groups (broad SMARTS) is 1. The van der Waals surface area contributed by atoms with E-state index in [2.05, 4.69) is 5.32 Å². The Balaban J connectivity index is 1.62. The number of aliphatic carboxylic acids is 1. The van der Waals surface area contributed by atoms with E-state index in [1.165, 1.54) is 0 Å². The van der Waals surface area contributed by atoms with Crippen molar-refractivity contribution in [2.24, 2.45) is 5.41 Å². The van der Waals surface area contributed by atoms with E-state index in [1.54, 1.807) is 6.07 Å². The molecule has 1 aliphatic heterocycles. The maximum absolute atomic E-state index is 12.5. The Morgan fingerprint density at radius 3 is 2.58 bits per heavy atom. The molecule has 1 aromatic carbocycles. The van der Waals surface area contributed by atoms with E-state index in [4.69, 9.17) is 0 Å². The van der Waals surface area contributed by atoms with Crippen LogP contribution < -0.4 is 5.32 Å². The molecule has 140 valence electrons. The van der Waals surface area contributed by atoms with Crippen molar-refractivity contribution in [2.45, 2.75) is 57.9 Å². The Hall–Kier alpha value is -2.37. The molecule has 0 atom stereocenters. The molecule has 1 saturated heterocycles. The molecule has 1 heterocycles. The van der Waals surface area contributed by atoms with Crippen LogP contribution in [-0.2, 0) is 20.9 Å². The Bertz CT molecular complexity index is 695. The standard InChI is InChI=1S/C20H26N2O4/c23-17(13-20(19(25)26)9-2-1-3-10-20)21-16-7-4-6-15(12-16)14-22-11-5-8-18(22)24/h4,6-7,12H,1-3,5,8-11,13-14H2,(H,21,23)(H,25,26). The van der Waals surface area contributed by atoms with Crippen LogP contribution in [0.2, 0.25) is 0 Å². The molecule has 0 bridgehead atoms. The lowest BCUT2D eigenvalue weighted by Gasteiger charge is -2.32. The zero-order chi connectivity index (χ0) is 18.6. The number of carboxylic acids is 1. The van der Waals surface area contributed by atoms with Gasteiger partial charge < -0.3 is 15.3 Å². The third-order valence-electron chi connectivity index (χ3n) is 5.52. The second-order valence-electron chi connectivity index (χ2n) is 7.49. The van der Waals surface area contributed by atoms with Gasteiger partial charge in [-0.25, -0.2) is 0 Å². The fourth-order valence-electron chi connectivity index (χ4n) is 4.05. The van der Waals surface area contributed by atoms with Gasteiger partial charge in [0.25, 0.3) is 0 Å². The minimum atomic E-state index is -0.929. The molecule has 26 heavy (non-hydrogen) atoms. The Labute approximate surface area is 153 Å². The smallest absolute Gasteiger partial charge is 0.310 e. The van der Waals surface area contributed by atoms with Crippen LogP contribution in [0.25, 0.3) is 0 Å². The van der Waals surface area contributed by atoms with E-state index in [-0.39, 0.29) is 18.2 Å². The number of hydrogen-bond acceptors (Lipinski definition) is 3. The van der Waals surface area contributed by atoms with Gasteiger partial charge in [0, 0.05) is 31.6 Å². The summed E-state index contributed by atoms with van der Waals surface area (Å²) in [5, 5.41) is 12.5. The van der Waals surface area contributed by atoms with E-state index in [1.807, 2.05) is 23.1 Å². The summed E-state index contributed by atoms with van der Waals surface area (Å²) in [5.41, 5.74) is 0.682. The average Bonchev–Trinajstić information content (AvgIpc) is 3.00. The van der Waals surface area contributed by atoms with Crippen molar-refractivity contribution in [1.82, 2.24) is 4.90 Å². The first-order valence-corrected chi connectivity index (χ1v) is 9.38. The van der Waals surface area contributed by atoms with Crippen molar-refractivity contribution < 1.29 is 19.5 Å². The predicted octanol–water partition coefficient (Wildman–Crippen LogP) is 3.17. The van der Waals surface area contributed by atoms with Crippen LogP contribution in [0.15, 0.2) is 24.3 Å². The van der Waals surface area contributed by atoms with Gasteiger partial charge in [-0.2, -0.15) is 0 Å². The van der Waals surface area contributed by atoms with Gasteiger partial charge in [-0.3, -0.25) is 14.4 Å². The fraction of sp³-hybridized carbons (Fsp3) is 0.550. The van der Waals surface area contributed by atoms with Crippen molar-refractivity contribution >= 4 is 23.5 Å². The van der Waals surface area contributed by atoms with Crippen LogP contribution in [0, 0.1) is 5.41 Å². The average molecular weight is 358 g/mol. The van der Waals surface area contributed by atoms with Crippen LogP contribution >= 0.6 is 0 Å².